The molecule has 1 aliphatic heterocycles. The Bertz CT molecular complexity index is 600. The van der Waals surface area contributed by atoms with Crippen LogP contribution in [0.1, 0.15) is 37.0 Å². The summed E-state index contributed by atoms with van der Waals surface area (Å²) in [5.74, 6) is -0.933. The molecule has 1 fully saturated rings. The van der Waals surface area contributed by atoms with E-state index in [0.717, 1.165) is 12.8 Å². The fourth-order valence-electron chi connectivity index (χ4n) is 2.75. The van der Waals surface area contributed by atoms with Gasteiger partial charge in [0.05, 0.1) is 23.8 Å². The van der Waals surface area contributed by atoms with Crippen LogP contribution in [-0.2, 0) is 14.3 Å². The predicted octanol–water partition coefficient (Wildman–Crippen LogP) is 2.06. The molecule has 1 aliphatic rings. The van der Waals surface area contributed by atoms with Crippen molar-refractivity contribution in [2.45, 2.75) is 26.7 Å². The van der Waals surface area contributed by atoms with E-state index in [4.69, 9.17) is 4.74 Å². The number of hydrogen-bond acceptors (Lipinski definition) is 4. The van der Waals surface area contributed by atoms with Crippen LogP contribution in [0, 0.1) is 5.92 Å². The largest absolute Gasteiger partial charge is 0.466 e. The number of nitrogens with zero attached hydrogens (tertiary/aromatic N) is 1. The number of esters is 1. The summed E-state index contributed by atoms with van der Waals surface area (Å²) in [4.78, 5) is 37.6. The highest BCUT2D eigenvalue weighted by Gasteiger charge is 2.30. The number of likely N-dealkylation sites (tertiary alicyclic amines) is 1. The van der Waals surface area contributed by atoms with Gasteiger partial charge in [-0.3, -0.25) is 14.4 Å². The average Bonchev–Trinajstić information content (AvgIpc) is 2.54. The van der Waals surface area contributed by atoms with Crippen LogP contribution in [0.4, 0.5) is 5.69 Å². The Morgan fingerprint density at radius 3 is 2.74 bits per heavy atom. The summed E-state index contributed by atoms with van der Waals surface area (Å²) in [6.45, 7) is 4.47. The topological polar surface area (TPSA) is 75.7 Å². The van der Waals surface area contributed by atoms with Gasteiger partial charge in [-0.2, -0.15) is 0 Å². The number of carbonyl (C=O) groups excluding carboxylic acids is 3. The molecule has 2 rings (SSSR count). The molecular formula is C17H22N2O4. The van der Waals surface area contributed by atoms with Crippen LogP contribution in [-0.4, -0.2) is 42.4 Å². The first kappa shape index (κ1) is 17.0. The van der Waals surface area contributed by atoms with E-state index in [1.807, 2.05) is 0 Å². The van der Waals surface area contributed by atoms with E-state index in [0.29, 0.717) is 30.9 Å². The second-order valence-electron chi connectivity index (χ2n) is 5.57. The lowest BCUT2D eigenvalue weighted by Crippen LogP contribution is -2.43. The van der Waals surface area contributed by atoms with Gasteiger partial charge in [-0.05, 0) is 31.9 Å². The van der Waals surface area contributed by atoms with Crippen molar-refractivity contribution < 1.29 is 19.1 Å². The van der Waals surface area contributed by atoms with Gasteiger partial charge in [-0.15, -0.1) is 0 Å². The van der Waals surface area contributed by atoms with Gasteiger partial charge < -0.3 is 15.0 Å². The van der Waals surface area contributed by atoms with Gasteiger partial charge >= 0.3 is 5.97 Å². The summed E-state index contributed by atoms with van der Waals surface area (Å²) < 4.78 is 5.06. The highest BCUT2D eigenvalue weighted by Crippen LogP contribution is 2.23. The fourth-order valence-corrected chi connectivity index (χ4v) is 2.75. The maximum atomic E-state index is 12.8. The first-order valence-electron chi connectivity index (χ1n) is 7.85. The van der Waals surface area contributed by atoms with Gasteiger partial charge in [0.2, 0.25) is 5.91 Å². The molecule has 0 radical (unpaired) electrons. The number of benzene rings is 1. The molecular weight excluding hydrogens is 296 g/mol. The molecule has 1 atom stereocenters. The average molecular weight is 318 g/mol. The molecule has 6 heteroatoms. The Hall–Kier alpha value is -2.37. The Kier molecular flexibility index (Phi) is 5.73. The van der Waals surface area contributed by atoms with E-state index in [9.17, 15) is 14.4 Å². The zero-order valence-corrected chi connectivity index (χ0v) is 13.5. The number of carbonyl (C=O) groups is 3. The van der Waals surface area contributed by atoms with Crippen molar-refractivity contribution in [1.29, 1.82) is 0 Å². The molecule has 0 spiro atoms. The van der Waals surface area contributed by atoms with E-state index in [-0.39, 0.29) is 23.7 Å². The van der Waals surface area contributed by atoms with Crippen molar-refractivity contribution in [3.05, 3.63) is 29.8 Å². The number of ether oxygens (including phenoxy) is 1. The summed E-state index contributed by atoms with van der Waals surface area (Å²) in [5, 5.41) is 2.67. The Labute approximate surface area is 135 Å². The number of para-hydroxylation sites is 1. The van der Waals surface area contributed by atoms with Gasteiger partial charge in [0.1, 0.15) is 0 Å². The second kappa shape index (κ2) is 7.76. The third-order valence-corrected chi connectivity index (χ3v) is 3.80. The van der Waals surface area contributed by atoms with Gasteiger partial charge in [0.15, 0.2) is 0 Å². The van der Waals surface area contributed by atoms with E-state index in [1.165, 1.54) is 6.92 Å². The second-order valence-corrected chi connectivity index (χ2v) is 5.57. The summed E-state index contributed by atoms with van der Waals surface area (Å²) in [6.07, 6.45) is 1.49. The molecule has 2 amide bonds. The predicted molar refractivity (Wildman–Crippen MR) is 86.0 cm³/mol. The van der Waals surface area contributed by atoms with E-state index < -0.39 is 0 Å². The van der Waals surface area contributed by atoms with E-state index in [2.05, 4.69) is 5.32 Å². The lowest BCUT2D eigenvalue weighted by Gasteiger charge is -2.32. The van der Waals surface area contributed by atoms with E-state index >= 15 is 0 Å². The molecule has 1 N–H and O–H groups in total. The minimum atomic E-state index is -0.277. The molecule has 1 saturated heterocycles. The van der Waals surface area contributed by atoms with Crippen LogP contribution in [0.5, 0.6) is 0 Å². The van der Waals surface area contributed by atoms with Crippen molar-refractivity contribution in [1.82, 2.24) is 4.90 Å². The highest BCUT2D eigenvalue weighted by molar-refractivity contribution is 6.03. The molecule has 0 aliphatic carbocycles. The Morgan fingerprint density at radius 1 is 1.30 bits per heavy atom. The van der Waals surface area contributed by atoms with Crippen LogP contribution in [0.3, 0.4) is 0 Å². The summed E-state index contributed by atoms with van der Waals surface area (Å²) in [5.41, 5.74) is 0.926. The molecule has 23 heavy (non-hydrogen) atoms. The zero-order valence-electron chi connectivity index (χ0n) is 13.5. The minimum Gasteiger partial charge on any atom is -0.466 e. The molecule has 1 aromatic rings. The molecule has 0 unspecified atom stereocenters. The van der Waals surface area contributed by atoms with Crippen LogP contribution >= 0.6 is 0 Å². The third kappa shape index (κ3) is 4.31. The quantitative estimate of drug-likeness (QED) is 0.862. The summed E-state index contributed by atoms with van der Waals surface area (Å²) >= 11 is 0. The molecule has 1 aromatic carbocycles. The standard InChI is InChI=1S/C17H22N2O4/c1-3-23-17(22)13-7-6-10-19(11-13)16(21)14-8-4-5-9-15(14)18-12(2)20/h4-5,8-9,13H,3,6-7,10-11H2,1-2H3,(H,18,20)/t13-/m1/s1. The van der Waals surface area contributed by atoms with Crippen molar-refractivity contribution in [3.63, 3.8) is 0 Å². The number of piperidine rings is 1. The first-order chi connectivity index (χ1) is 11.0. The maximum absolute atomic E-state index is 12.8. The molecule has 1 heterocycles. The summed E-state index contributed by atoms with van der Waals surface area (Å²) in [6, 6.07) is 6.90. The lowest BCUT2D eigenvalue weighted by atomic mass is 9.97. The molecule has 0 aromatic heterocycles. The van der Waals surface area contributed by atoms with Crippen molar-refractivity contribution >= 4 is 23.5 Å². The summed E-state index contributed by atoms with van der Waals surface area (Å²) in [7, 11) is 0. The number of amides is 2. The smallest absolute Gasteiger partial charge is 0.310 e. The number of anilines is 1. The normalized spacial score (nSPS) is 17.5. The molecule has 0 bridgehead atoms. The lowest BCUT2D eigenvalue weighted by molar-refractivity contribution is -0.149. The monoisotopic (exact) mass is 318 g/mol. The SMILES string of the molecule is CCOC(=O)[C@@H]1CCCN(C(=O)c2ccccc2NC(C)=O)C1. The first-order valence-corrected chi connectivity index (χ1v) is 7.85. The van der Waals surface area contributed by atoms with Crippen LogP contribution in [0.2, 0.25) is 0 Å². The number of rotatable bonds is 4. The molecule has 6 nitrogen and oxygen atoms in total. The molecule has 0 saturated carbocycles. The minimum absolute atomic E-state index is 0.177. The highest BCUT2D eigenvalue weighted by atomic mass is 16.5. The van der Waals surface area contributed by atoms with Gasteiger partial charge in [0, 0.05) is 20.0 Å². The number of hydrogen-bond donors (Lipinski definition) is 1. The van der Waals surface area contributed by atoms with Crippen LogP contribution in [0.25, 0.3) is 0 Å². The zero-order chi connectivity index (χ0) is 16.8. The molecule has 124 valence electrons. The van der Waals surface area contributed by atoms with Crippen molar-refractivity contribution in [2.24, 2.45) is 5.92 Å². The number of nitrogens with one attached hydrogen (secondary N) is 1. The van der Waals surface area contributed by atoms with Crippen molar-refractivity contribution in [3.8, 4) is 0 Å². The third-order valence-electron chi connectivity index (χ3n) is 3.80. The maximum Gasteiger partial charge on any atom is 0.310 e. The van der Waals surface area contributed by atoms with Gasteiger partial charge in [-0.25, -0.2) is 0 Å². The fraction of sp³-hybridized carbons (Fsp3) is 0.471. The van der Waals surface area contributed by atoms with Crippen LogP contribution < -0.4 is 5.32 Å². The Morgan fingerprint density at radius 2 is 2.04 bits per heavy atom. The Balaban J connectivity index is 2.14. The van der Waals surface area contributed by atoms with Crippen LogP contribution in [0.15, 0.2) is 24.3 Å². The van der Waals surface area contributed by atoms with E-state index in [1.54, 1.807) is 36.1 Å². The van der Waals surface area contributed by atoms with Crippen molar-refractivity contribution in [2.75, 3.05) is 25.0 Å². The van der Waals surface area contributed by atoms with Gasteiger partial charge in [-0.1, -0.05) is 12.1 Å². The van der Waals surface area contributed by atoms with Gasteiger partial charge in [0.25, 0.3) is 5.91 Å².